The number of hydrogen-bond acceptors (Lipinski definition) is 3. The largest absolute Gasteiger partial charge is 0.283 e. The van der Waals surface area contributed by atoms with Crippen molar-refractivity contribution in [3.63, 3.8) is 0 Å². The lowest BCUT2D eigenvalue weighted by molar-refractivity contribution is 0.600. The predicted molar refractivity (Wildman–Crippen MR) is 107 cm³/mol. The predicted octanol–water partition coefficient (Wildman–Crippen LogP) is 4.85. The summed E-state index contributed by atoms with van der Waals surface area (Å²) in [5, 5.41) is 0.437. The van der Waals surface area contributed by atoms with E-state index in [1.165, 1.54) is 0 Å². The number of nitrogens with zero attached hydrogens (tertiary/aromatic N) is 1. The van der Waals surface area contributed by atoms with Crippen LogP contribution in [-0.2, 0) is 15.8 Å². The average molecular weight is 385 g/mol. The molecule has 132 valence electrons. The third-order valence-corrected chi connectivity index (χ3v) is 5.24. The van der Waals surface area contributed by atoms with Crippen molar-refractivity contribution in [2.75, 3.05) is 4.72 Å². The number of hydrogen-bond donors (Lipinski definition) is 1. The van der Waals surface area contributed by atoms with Gasteiger partial charge in [-0.25, -0.2) is 8.42 Å². The van der Waals surface area contributed by atoms with Crippen LogP contribution in [0.4, 0.5) is 5.69 Å². The van der Waals surface area contributed by atoms with Gasteiger partial charge in [0.05, 0.1) is 5.75 Å². The fraction of sp³-hybridized carbons (Fsp3) is 0.0500. The Morgan fingerprint density at radius 1 is 0.923 bits per heavy atom. The van der Waals surface area contributed by atoms with Crippen molar-refractivity contribution < 1.29 is 8.42 Å². The van der Waals surface area contributed by atoms with E-state index >= 15 is 0 Å². The minimum absolute atomic E-state index is 0.177. The zero-order valence-electron chi connectivity index (χ0n) is 13.8. The molecule has 1 N–H and O–H groups in total. The number of halogens is 1. The minimum atomic E-state index is -3.56. The molecule has 0 fully saturated rings. The van der Waals surface area contributed by atoms with Gasteiger partial charge in [-0.2, -0.15) is 0 Å². The molecule has 0 atom stereocenters. The summed E-state index contributed by atoms with van der Waals surface area (Å²) in [6, 6.07) is 17.9. The fourth-order valence-electron chi connectivity index (χ4n) is 2.41. The van der Waals surface area contributed by atoms with Gasteiger partial charge in [-0.3, -0.25) is 9.71 Å². The molecule has 2 aromatic carbocycles. The molecule has 3 aromatic rings. The van der Waals surface area contributed by atoms with Crippen LogP contribution in [0, 0.1) is 0 Å². The quantitative estimate of drug-likeness (QED) is 0.661. The summed E-state index contributed by atoms with van der Waals surface area (Å²) >= 11 is 6.05. The molecule has 0 saturated carbocycles. The van der Waals surface area contributed by atoms with Gasteiger partial charge in [0.15, 0.2) is 0 Å². The first kappa shape index (κ1) is 18.2. The summed E-state index contributed by atoms with van der Waals surface area (Å²) < 4.78 is 27.4. The van der Waals surface area contributed by atoms with E-state index in [9.17, 15) is 8.42 Å². The van der Waals surface area contributed by atoms with Crippen molar-refractivity contribution in [1.82, 2.24) is 4.98 Å². The van der Waals surface area contributed by atoms with Crippen LogP contribution >= 0.6 is 11.6 Å². The number of benzene rings is 2. The minimum Gasteiger partial charge on any atom is -0.283 e. The molecular formula is C20H17ClN2O2S. The summed E-state index contributed by atoms with van der Waals surface area (Å²) in [6.07, 6.45) is 7.30. The lowest BCUT2D eigenvalue weighted by atomic mass is 10.1. The van der Waals surface area contributed by atoms with E-state index < -0.39 is 10.0 Å². The molecule has 0 amide bonds. The van der Waals surface area contributed by atoms with E-state index in [1.54, 1.807) is 54.9 Å². The molecule has 1 aromatic heterocycles. The third-order valence-electron chi connectivity index (χ3n) is 3.64. The Morgan fingerprint density at radius 2 is 1.65 bits per heavy atom. The van der Waals surface area contributed by atoms with Crippen molar-refractivity contribution in [2.45, 2.75) is 5.75 Å². The molecule has 0 spiro atoms. The summed E-state index contributed by atoms with van der Waals surface area (Å²) in [7, 11) is -3.56. The van der Waals surface area contributed by atoms with Crippen LogP contribution in [0.1, 0.15) is 16.7 Å². The molecule has 0 unspecified atom stereocenters. The molecule has 0 aliphatic carbocycles. The van der Waals surface area contributed by atoms with Crippen LogP contribution in [0.2, 0.25) is 5.02 Å². The molecule has 6 heteroatoms. The second-order valence-corrected chi connectivity index (χ2v) is 7.82. The highest BCUT2D eigenvalue weighted by Crippen LogP contribution is 2.20. The maximum Gasteiger partial charge on any atom is 0.236 e. The first-order valence-corrected chi connectivity index (χ1v) is 9.97. The van der Waals surface area contributed by atoms with Crippen LogP contribution in [0.25, 0.3) is 12.2 Å². The SMILES string of the molecule is O=S(=O)(Cc1ccccc1Cl)Nc1cccc(C=Cc2ccncc2)c1. The molecule has 3 rings (SSSR count). The van der Waals surface area contributed by atoms with E-state index in [4.69, 9.17) is 11.6 Å². The molecule has 0 aliphatic heterocycles. The normalized spacial score (nSPS) is 11.6. The molecule has 0 saturated heterocycles. The maximum atomic E-state index is 12.4. The van der Waals surface area contributed by atoms with Crippen LogP contribution in [-0.4, -0.2) is 13.4 Å². The Hall–Kier alpha value is -2.63. The van der Waals surface area contributed by atoms with Gasteiger partial charge in [0.25, 0.3) is 0 Å². The molecule has 0 radical (unpaired) electrons. The number of anilines is 1. The molecule has 26 heavy (non-hydrogen) atoms. The Bertz CT molecular complexity index is 1020. The van der Waals surface area contributed by atoms with Crippen molar-refractivity contribution >= 4 is 39.5 Å². The molecule has 0 bridgehead atoms. The smallest absolute Gasteiger partial charge is 0.236 e. The number of aromatic nitrogens is 1. The van der Waals surface area contributed by atoms with Gasteiger partial charge >= 0.3 is 0 Å². The highest BCUT2D eigenvalue weighted by molar-refractivity contribution is 7.91. The van der Waals surface area contributed by atoms with Gasteiger partial charge in [-0.05, 0) is 47.0 Å². The number of sulfonamides is 1. The first-order valence-electron chi connectivity index (χ1n) is 7.94. The van der Waals surface area contributed by atoms with Gasteiger partial charge in [0.2, 0.25) is 10.0 Å². The maximum absolute atomic E-state index is 12.4. The number of rotatable bonds is 6. The van der Waals surface area contributed by atoms with Crippen molar-refractivity contribution in [1.29, 1.82) is 0 Å². The Labute approximate surface area is 158 Å². The monoisotopic (exact) mass is 384 g/mol. The summed E-state index contributed by atoms with van der Waals surface area (Å²) in [5.74, 6) is -0.177. The van der Waals surface area contributed by atoms with Gasteiger partial charge in [-0.1, -0.05) is 54.1 Å². The first-order chi connectivity index (χ1) is 12.5. The highest BCUT2D eigenvalue weighted by Gasteiger charge is 2.13. The number of pyridine rings is 1. The van der Waals surface area contributed by atoms with E-state index in [2.05, 4.69) is 9.71 Å². The van der Waals surface area contributed by atoms with Gasteiger partial charge in [-0.15, -0.1) is 0 Å². The van der Waals surface area contributed by atoms with Crippen molar-refractivity contribution in [2.24, 2.45) is 0 Å². The standard InChI is InChI=1S/C20H17ClN2O2S/c21-20-7-2-1-5-18(20)15-26(24,25)23-19-6-3-4-17(14-19)9-8-16-10-12-22-13-11-16/h1-14,23H,15H2. The van der Waals surface area contributed by atoms with E-state index in [0.717, 1.165) is 11.1 Å². The van der Waals surface area contributed by atoms with E-state index in [0.29, 0.717) is 16.3 Å². The van der Waals surface area contributed by atoms with Crippen LogP contribution in [0.5, 0.6) is 0 Å². The molecule has 4 nitrogen and oxygen atoms in total. The molecule has 1 heterocycles. The Morgan fingerprint density at radius 3 is 2.42 bits per heavy atom. The van der Waals surface area contributed by atoms with Crippen molar-refractivity contribution in [3.8, 4) is 0 Å². The zero-order valence-corrected chi connectivity index (χ0v) is 15.4. The second-order valence-electron chi connectivity index (χ2n) is 5.69. The lowest BCUT2D eigenvalue weighted by Gasteiger charge is -2.09. The fourth-order valence-corrected chi connectivity index (χ4v) is 3.91. The Balaban J connectivity index is 1.74. The highest BCUT2D eigenvalue weighted by atomic mass is 35.5. The van der Waals surface area contributed by atoms with E-state index in [1.807, 2.05) is 30.4 Å². The third kappa shape index (κ3) is 5.18. The van der Waals surface area contributed by atoms with Gasteiger partial charge in [0, 0.05) is 23.1 Å². The van der Waals surface area contributed by atoms with Crippen LogP contribution < -0.4 is 4.72 Å². The lowest BCUT2D eigenvalue weighted by Crippen LogP contribution is -2.15. The van der Waals surface area contributed by atoms with Crippen molar-refractivity contribution in [3.05, 3.63) is 94.8 Å². The molecular weight excluding hydrogens is 368 g/mol. The Kier molecular flexibility index (Phi) is 5.71. The topological polar surface area (TPSA) is 59.1 Å². The number of nitrogens with one attached hydrogen (secondary N) is 1. The zero-order chi connectivity index (χ0) is 18.4. The van der Waals surface area contributed by atoms with Crippen LogP contribution in [0.3, 0.4) is 0 Å². The summed E-state index contributed by atoms with van der Waals surface area (Å²) in [4.78, 5) is 3.98. The summed E-state index contributed by atoms with van der Waals surface area (Å²) in [6.45, 7) is 0. The summed E-state index contributed by atoms with van der Waals surface area (Å²) in [5.41, 5.74) is 2.98. The van der Waals surface area contributed by atoms with Gasteiger partial charge < -0.3 is 0 Å². The van der Waals surface area contributed by atoms with Crippen LogP contribution in [0.15, 0.2) is 73.1 Å². The van der Waals surface area contributed by atoms with E-state index in [-0.39, 0.29) is 5.75 Å². The molecule has 0 aliphatic rings. The average Bonchev–Trinajstić information content (AvgIpc) is 2.63. The van der Waals surface area contributed by atoms with Gasteiger partial charge in [0.1, 0.15) is 0 Å². The second kappa shape index (κ2) is 8.17.